The number of hydrogen-bond donors (Lipinski definition) is 0. The summed E-state index contributed by atoms with van der Waals surface area (Å²) >= 11 is 0. The van der Waals surface area contributed by atoms with Crippen LogP contribution in [0.2, 0.25) is 0 Å². The molecule has 0 aromatic heterocycles. The molecule has 1 heterocycles. The van der Waals surface area contributed by atoms with Gasteiger partial charge in [0.15, 0.2) is 11.5 Å². The zero-order valence-electron chi connectivity index (χ0n) is 8.51. The quantitative estimate of drug-likeness (QED) is 0.668. The first kappa shape index (κ1) is 10.3. The molecule has 74 valence electrons. The van der Waals surface area contributed by atoms with Crippen molar-refractivity contribution >= 4 is 5.78 Å². The van der Waals surface area contributed by atoms with E-state index < -0.39 is 0 Å². The average Bonchev–Trinajstić information content (AvgIpc) is 2.21. The van der Waals surface area contributed by atoms with Crippen LogP contribution in [0, 0.1) is 5.92 Å². The fourth-order valence-electron chi connectivity index (χ4n) is 1.59. The predicted molar refractivity (Wildman–Crippen MR) is 52.3 cm³/mol. The molecule has 0 aromatic rings. The van der Waals surface area contributed by atoms with Gasteiger partial charge in [0.1, 0.15) is 0 Å². The molecule has 0 atom stereocenters. The van der Waals surface area contributed by atoms with E-state index in [1.54, 1.807) is 0 Å². The molecule has 1 aliphatic rings. The Morgan fingerprint density at radius 2 is 2.23 bits per heavy atom. The van der Waals surface area contributed by atoms with Gasteiger partial charge >= 0.3 is 0 Å². The summed E-state index contributed by atoms with van der Waals surface area (Å²) in [6, 6.07) is 0. The van der Waals surface area contributed by atoms with E-state index in [-0.39, 0.29) is 11.7 Å². The Kier molecular flexibility index (Phi) is 4.00. The predicted octanol–water partition coefficient (Wildman–Crippen LogP) is 2.69. The fourth-order valence-corrected chi connectivity index (χ4v) is 1.59. The molecule has 0 aliphatic carbocycles. The lowest BCUT2D eigenvalue weighted by molar-refractivity contribution is -0.123. The summed E-state index contributed by atoms with van der Waals surface area (Å²) in [5, 5.41) is 0. The van der Waals surface area contributed by atoms with Gasteiger partial charge < -0.3 is 4.74 Å². The molecule has 0 N–H and O–H groups in total. The summed E-state index contributed by atoms with van der Waals surface area (Å²) in [6.07, 6.45) is 5.79. The number of ether oxygens (including phenoxy) is 1. The molecule has 0 unspecified atom stereocenters. The summed E-state index contributed by atoms with van der Waals surface area (Å²) in [5.41, 5.74) is 0. The summed E-state index contributed by atoms with van der Waals surface area (Å²) in [4.78, 5) is 11.8. The fraction of sp³-hybridized carbons (Fsp3) is 0.727. The molecule has 0 amide bonds. The van der Waals surface area contributed by atoms with Crippen molar-refractivity contribution in [2.24, 2.45) is 5.92 Å². The first-order valence-electron chi connectivity index (χ1n) is 5.16. The van der Waals surface area contributed by atoms with E-state index in [9.17, 15) is 4.79 Å². The van der Waals surface area contributed by atoms with Crippen LogP contribution in [-0.2, 0) is 9.53 Å². The van der Waals surface area contributed by atoms with E-state index in [0.717, 1.165) is 25.7 Å². The maximum absolute atomic E-state index is 11.8. The Labute approximate surface area is 80.0 Å². The van der Waals surface area contributed by atoms with Crippen LogP contribution < -0.4 is 0 Å². The van der Waals surface area contributed by atoms with Gasteiger partial charge in [0.2, 0.25) is 0 Å². The first-order chi connectivity index (χ1) is 6.29. The lowest BCUT2D eigenvalue weighted by atomic mass is 9.96. The molecule has 1 aliphatic heterocycles. The number of hydrogen-bond acceptors (Lipinski definition) is 2. The van der Waals surface area contributed by atoms with Gasteiger partial charge in [-0.05, 0) is 31.8 Å². The molecule has 0 radical (unpaired) electrons. The van der Waals surface area contributed by atoms with Gasteiger partial charge in [0.25, 0.3) is 0 Å². The topological polar surface area (TPSA) is 26.3 Å². The second-order valence-corrected chi connectivity index (χ2v) is 3.44. The third-order valence-electron chi connectivity index (χ3n) is 2.53. The molecule has 0 saturated heterocycles. The molecule has 0 bridgehead atoms. The van der Waals surface area contributed by atoms with Crippen molar-refractivity contribution in [1.29, 1.82) is 0 Å². The molecule has 0 saturated carbocycles. The Balaban J connectivity index is 2.59. The molecule has 2 heteroatoms. The number of rotatable bonds is 4. The van der Waals surface area contributed by atoms with Crippen LogP contribution in [0.3, 0.4) is 0 Å². The van der Waals surface area contributed by atoms with Crippen LogP contribution >= 0.6 is 0 Å². The largest absolute Gasteiger partial charge is 0.490 e. The average molecular weight is 182 g/mol. The zero-order valence-corrected chi connectivity index (χ0v) is 8.51. The van der Waals surface area contributed by atoms with Crippen molar-refractivity contribution < 1.29 is 9.53 Å². The highest BCUT2D eigenvalue weighted by Crippen LogP contribution is 2.19. The molecular formula is C11H18O2. The highest BCUT2D eigenvalue weighted by molar-refractivity contribution is 5.95. The lowest BCUT2D eigenvalue weighted by Crippen LogP contribution is -2.19. The molecule has 1 rings (SSSR count). The minimum absolute atomic E-state index is 0.157. The molecule has 13 heavy (non-hydrogen) atoms. The van der Waals surface area contributed by atoms with Crippen molar-refractivity contribution in [3.63, 3.8) is 0 Å². The summed E-state index contributed by atoms with van der Waals surface area (Å²) in [5.74, 6) is 0.967. The second kappa shape index (κ2) is 5.05. The summed E-state index contributed by atoms with van der Waals surface area (Å²) in [6.45, 7) is 4.81. The number of allylic oxidation sites excluding steroid dienone is 2. The SMILES string of the molecule is CCC(CC)C(=O)C1=CCCCO1. The van der Waals surface area contributed by atoms with E-state index in [1.807, 2.05) is 6.08 Å². The van der Waals surface area contributed by atoms with Gasteiger partial charge in [-0.15, -0.1) is 0 Å². The maximum atomic E-state index is 11.8. The van der Waals surface area contributed by atoms with Gasteiger partial charge in [-0.2, -0.15) is 0 Å². The van der Waals surface area contributed by atoms with Crippen LogP contribution in [-0.4, -0.2) is 12.4 Å². The second-order valence-electron chi connectivity index (χ2n) is 3.44. The Morgan fingerprint density at radius 1 is 1.54 bits per heavy atom. The van der Waals surface area contributed by atoms with Crippen molar-refractivity contribution in [1.82, 2.24) is 0 Å². The molecule has 0 aromatic carbocycles. The zero-order chi connectivity index (χ0) is 9.68. The highest BCUT2D eigenvalue weighted by Gasteiger charge is 2.21. The van der Waals surface area contributed by atoms with Gasteiger partial charge in [0.05, 0.1) is 6.61 Å². The minimum atomic E-state index is 0.157. The van der Waals surface area contributed by atoms with E-state index in [4.69, 9.17) is 4.74 Å². The Morgan fingerprint density at radius 3 is 2.69 bits per heavy atom. The summed E-state index contributed by atoms with van der Waals surface area (Å²) < 4.78 is 5.34. The van der Waals surface area contributed by atoms with E-state index in [2.05, 4.69) is 13.8 Å². The van der Waals surface area contributed by atoms with Crippen molar-refractivity contribution in [3.8, 4) is 0 Å². The third kappa shape index (κ3) is 2.58. The van der Waals surface area contributed by atoms with Crippen molar-refractivity contribution in [2.45, 2.75) is 39.5 Å². The van der Waals surface area contributed by atoms with Gasteiger partial charge in [0, 0.05) is 5.92 Å². The standard InChI is InChI=1S/C11H18O2/c1-3-9(4-2)11(12)10-7-5-6-8-13-10/h7,9H,3-6,8H2,1-2H3. The number of carbonyl (C=O) groups excluding carboxylic acids is 1. The van der Waals surface area contributed by atoms with Gasteiger partial charge in [-0.3, -0.25) is 4.79 Å². The van der Waals surface area contributed by atoms with Crippen LogP contribution in [0.15, 0.2) is 11.8 Å². The van der Waals surface area contributed by atoms with E-state index in [1.165, 1.54) is 0 Å². The third-order valence-corrected chi connectivity index (χ3v) is 2.53. The van der Waals surface area contributed by atoms with Crippen LogP contribution in [0.1, 0.15) is 39.5 Å². The van der Waals surface area contributed by atoms with E-state index in [0.29, 0.717) is 12.4 Å². The number of Topliss-reactive ketones (excluding diaryl/α,β-unsaturated/α-hetero) is 1. The van der Waals surface area contributed by atoms with Crippen LogP contribution in [0.4, 0.5) is 0 Å². The molecule has 0 fully saturated rings. The maximum Gasteiger partial charge on any atom is 0.200 e. The molecule has 2 nitrogen and oxygen atoms in total. The number of ketones is 1. The van der Waals surface area contributed by atoms with Crippen molar-refractivity contribution in [3.05, 3.63) is 11.8 Å². The van der Waals surface area contributed by atoms with Gasteiger partial charge in [-0.25, -0.2) is 0 Å². The smallest absolute Gasteiger partial charge is 0.200 e. The van der Waals surface area contributed by atoms with E-state index >= 15 is 0 Å². The molecular weight excluding hydrogens is 164 g/mol. The van der Waals surface area contributed by atoms with Gasteiger partial charge in [-0.1, -0.05) is 13.8 Å². The van der Waals surface area contributed by atoms with Crippen LogP contribution in [0.5, 0.6) is 0 Å². The van der Waals surface area contributed by atoms with Crippen molar-refractivity contribution in [2.75, 3.05) is 6.61 Å². The normalized spacial score (nSPS) is 16.7. The Hall–Kier alpha value is -0.790. The highest BCUT2D eigenvalue weighted by atomic mass is 16.5. The molecule has 0 spiro atoms. The monoisotopic (exact) mass is 182 g/mol. The summed E-state index contributed by atoms with van der Waals surface area (Å²) in [7, 11) is 0. The number of carbonyl (C=O) groups is 1. The lowest BCUT2D eigenvalue weighted by Gasteiger charge is -2.17. The Bertz CT molecular complexity index is 202. The van der Waals surface area contributed by atoms with Crippen LogP contribution in [0.25, 0.3) is 0 Å². The first-order valence-corrected chi connectivity index (χ1v) is 5.16. The minimum Gasteiger partial charge on any atom is -0.490 e.